The molecule has 0 aliphatic carbocycles. The van der Waals surface area contributed by atoms with Crippen LogP contribution >= 0.6 is 11.6 Å². The highest BCUT2D eigenvalue weighted by atomic mass is 35.5. The van der Waals surface area contributed by atoms with Crippen molar-refractivity contribution in [3.63, 3.8) is 0 Å². The van der Waals surface area contributed by atoms with Crippen molar-refractivity contribution in [3.8, 4) is 22.8 Å². The van der Waals surface area contributed by atoms with Crippen LogP contribution in [0.3, 0.4) is 0 Å². The van der Waals surface area contributed by atoms with Crippen molar-refractivity contribution in [1.82, 2.24) is 20.4 Å². The van der Waals surface area contributed by atoms with Crippen LogP contribution in [0.4, 0.5) is 0 Å². The Kier molecular flexibility index (Phi) is 3.89. The van der Waals surface area contributed by atoms with E-state index >= 15 is 0 Å². The van der Waals surface area contributed by atoms with E-state index in [0.717, 1.165) is 11.3 Å². The molecule has 1 atom stereocenters. The quantitative estimate of drug-likeness (QED) is 0.609. The monoisotopic (exact) mass is 360 g/mol. The number of benzene rings is 1. The number of aromatic amines is 1. The largest absolute Gasteiger partial charge is 0.507 e. The smallest absolute Gasteiger partial charge is 0.244 e. The van der Waals surface area contributed by atoms with Crippen LogP contribution < -0.4 is 5.32 Å². The molecular formula is C17H17ClN4O3. The van der Waals surface area contributed by atoms with E-state index < -0.39 is 0 Å². The third-order valence-electron chi connectivity index (χ3n) is 4.62. The number of H-pyrrole nitrogens is 1. The first-order valence-corrected chi connectivity index (χ1v) is 8.39. The van der Waals surface area contributed by atoms with Gasteiger partial charge in [-0.2, -0.15) is 5.10 Å². The van der Waals surface area contributed by atoms with Gasteiger partial charge in [-0.15, -0.1) is 0 Å². The van der Waals surface area contributed by atoms with E-state index in [1.807, 2.05) is 12.2 Å². The van der Waals surface area contributed by atoms with E-state index in [9.17, 15) is 15.0 Å². The van der Waals surface area contributed by atoms with Crippen molar-refractivity contribution in [2.75, 3.05) is 13.1 Å². The summed E-state index contributed by atoms with van der Waals surface area (Å²) in [5.74, 6) is -0.275. The first-order valence-electron chi connectivity index (χ1n) is 8.01. The molecule has 2 aliphatic rings. The number of phenols is 2. The van der Waals surface area contributed by atoms with Crippen LogP contribution in [0.5, 0.6) is 11.5 Å². The summed E-state index contributed by atoms with van der Waals surface area (Å²) >= 11 is 5.97. The molecule has 2 aromatic rings. The van der Waals surface area contributed by atoms with Crippen LogP contribution in [-0.4, -0.2) is 50.3 Å². The second kappa shape index (κ2) is 6.09. The number of nitrogens with zero attached hydrogens (tertiary/aromatic N) is 2. The lowest BCUT2D eigenvalue weighted by Crippen LogP contribution is -2.45. The number of halogens is 1. The van der Waals surface area contributed by atoms with Gasteiger partial charge in [-0.25, -0.2) is 0 Å². The predicted molar refractivity (Wildman–Crippen MR) is 92.4 cm³/mol. The Hall–Kier alpha value is -2.51. The standard InChI is InChI=1S/C17H17ClN4O3/c18-11-6-9(14(23)7-15(11)24)16-10-8-22(5-3-12(10)20-21-16)17(25)13-2-1-4-19-13/h1-2,6-7,13,19,23-24H,3-5,8H2,(H,20,21)/t13-/m0/s1. The minimum atomic E-state index is -0.284. The van der Waals surface area contributed by atoms with E-state index in [2.05, 4.69) is 15.5 Å². The summed E-state index contributed by atoms with van der Waals surface area (Å²) < 4.78 is 0. The molecule has 0 spiro atoms. The number of carbonyl (C=O) groups excluding carboxylic acids is 1. The molecule has 4 N–H and O–H groups in total. The number of amides is 1. The zero-order valence-corrected chi connectivity index (χ0v) is 14.0. The summed E-state index contributed by atoms with van der Waals surface area (Å²) in [6.45, 7) is 1.72. The Labute approximate surface area is 148 Å². The second-order valence-corrected chi connectivity index (χ2v) is 6.58. The zero-order valence-electron chi connectivity index (χ0n) is 13.3. The molecule has 1 amide bonds. The highest BCUT2D eigenvalue weighted by Crippen LogP contribution is 2.39. The van der Waals surface area contributed by atoms with E-state index in [-0.39, 0.29) is 28.5 Å². The number of carbonyl (C=O) groups is 1. The number of aromatic nitrogens is 2. The van der Waals surface area contributed by atoms with Crippen LogP contribution in [0.2, 0.25) is 5.02 Å². The molecule has 3 heterocycles. The average Bonchev–Trinajstić information content (AvgIpc) is 3.26. The van der Waals surface area contributed by atoms with Gasteiger partial charge in [-0.1, -0.05) is 23.8 Å². The van der Waals surface area contributed by atoms with E-state index in [4.69, 9.17) is 11.6 Å². The van der Waals surface area contributed by atoms with Crippen LogP contribution in [0, 0.1) is 0 Å². The number of hydrogen-bond acceptors (Lipinski definition) is 5. The zero-order chi connectivity index (χ0) is 17.6. The Balaban J connectivity index is 1.67. The topological polar surface area (TPSA) is 101 Å². The van der Waals surface area contributed by atoms with Gasteiger partial charge in [0.15, 0.2) is 0 Å². The summed E-state index contributed by atoms with van der Waals surface area (Å²) in [7, 11) is 0. The Morgan fingerprint density at radius 1 is 1.32 bits per heavy atom. The molecule has 2 aliphatic heterocycles. The fourth-order valence-electron chi connectivity index (χ4n) is 3.28. The summed E-state index contributed by atoms with van der Waals surface area (Å²) in [4.78, 5) is 14.4. The fourth-order valence-corrected chi connectivity index (χ4v) is 3.44. The summed E-state index contributed by atoms with van der Waals surface area (Å²) in [6.07, 6.45) is 4.48. The van der Waals surface area contributed by atoms with Gasteiger partial charge in [-0.3, -0.25) is 15.2 Å². The fraction of sp³-hybridized carbons (Fsp3) is 0.294. The maximum absolute atomic E-state index is 12.6. The molecule has 0 bridgehead atoms. The van der Waals surface area contributed by atoms with E-state index in [0.29, 0.717) is 37.3 Å². The molecule has 0 saturated heterocycles. The number of phenolic OH excluding ortho intramolecular Hbond substituents is 2. The number of nitrogens with one attached hydrogen (secondary N) is 2. The van der Waals surface area contributed by atoms with Crippen molar-refractivity contribution >= 4 is 17.5 Å². The van der Waals surface area contributed by atoms with Gasteiger partial charge in [0, 0.05) is 48.9 Å². The SMILES string of the molecule is O=C([C@@H]1C=CCN1)N1CCc2[nH]nc(-c3cc(Cl)c(O)cc3O)c2C1. The molecule has 0 saturated carbocycles. The van der Waals surface area contributed by atoms with Crippen LogP contribution in [0.15, 0.2) is 24.3 Å². The molecule has 130 valence electrons. The normalized spacial score (nSPS) is 19.2. The van der Waals surface area contributed by atoms with Crippen LogP contribution in [0.25, 0.3) is 11.3 Å². The van der Waals surface area contributed by atoms with Gasteiger partial charge >= 0.3 is 0 Å². The number of rotatable bonds is 2. The van der Waals surface area contributed by atoms with Gasteiger partial charge in [-0.05, 0) is 6.07 Å². The lowest BCUT2D eigenvalue weighted by atomic mass is 9.99. The average molecular weight is 361 g/mol. The molecule has 25 heavy (non-hydrogen) atoms. The highest BCUT2D eigenvalue weighted by Gasteiger charge is 2.30. The third kappa shape index (κ3) is 2.75. The van der Waals surface area contributed by atoms with Crippen molar-refractivity contribution < 1.29 is 15.0 Å². The number of aromatic hydroxyl groups is 2. The first kappa shape index (κ1) is 16.0. The molecule has 0 radical (unpaired) electrons. The van der Waals surface area contributed by atoms with Gasteiger partial charge < -0.3 is 15.1 Å². The van der Waals surface area contributed by atoms with Gasteiger partial charge in [0.2, 0.25) is 5.91 Å². The van der Waals surface area contributed by atoms with E-state index in [1.165, 1.54) is 12.1 Å². The first-order chi connectivity index (χ1) is 12.0. The lowest BCUT2D eigenvalue weighted by molar-refractivity contribution is -0.133. The molecule has 1 aromatic heterocycles. The molecular weight excluding hydrogens is 344 g/mol. The van der Waals surface area contributed by atoms with Crippen molar-refractivity contribution in [2.45, 2.75) is 19.0 Å². The predicted octanol–water partition coefficient (Wildman–Crippen LogP) is 1.55. The molecule has 8 heteroatoms. The number of hydrogen-bond donors (Lipinski definition) is 4. The van der Waals surface area contributed by atoms with Gasteiger partial charge in [0.25, 0.3) is 0 Å². The van der Waals surface area contributed by atoms with Crippen LogP contribution in [-0.2, 0) is 17.8 Å². The minimum absolute atomic E-state index is 0.0273. The van der Waals surface area contributed by atoms with Crippen molar-refractivity contribution in [3.05, 3.63) is 40.6 Å². The minimum Gasteiger partial charge on any atom is -0.507 e. The Morgan fingerprint density at radius 3 is 2.92 bits per heavy atom. The maximum atomic E-state index is 12.6. The molecule has 4 rings (SSSR count). The lowest BCUT2D eigenvalue weighted by Gasteiger charge is -2.29. The molecule has 7 nitrogen and oxygen atoms in total. The molecule has 0 unspecified atom stereocenters. The third-order valence-corrected chi connectivity index (χ3v) is 4.92. The van der Waals surface area contributed by atoms with Gasteiger partial charge in [0.05, 0.1) is 5.02 Å². The molecule has 0 fully saturated rings. The summed E-state index contributed by atoms with van der Waals surface area (Å²) in [6, 6.07) is 2.39. The van der Waals surface area contributed by atoms with Gasteiger partial charge in [0.1, 0.15) is 23.2 Å². The van der Waals surface area contributed by atoms with Crippen LogP contribution in [0.1, 0.15) is 11.3 Å². The maximum Gasteiger partial charge on any atom is 0.244 e. The Bertz CT molecular complexity index is 877. The molecule has 1 aromatic carbocycles. The Morgan fingerprint density at radius 2 is 2.16 bits per heavy atom. The van der Waals surface area contributed by atoms with Crippen molar-refractivity contribution in [1.29, 1.82) is 0 Å². The highest BCUT2D eigenvalue weighted by molar-refractivity contribution is 6.32. The van der Waals surface area contributed by atoms with E-state index in [1.54, 1.807) is 4.90 Å². The number of fused-ring (bicyclic) bond motifs is 1. The second-order valence-electron chi connectivity index (χ2n) is 6.17. The van der Waals surface area contributed by atoms with Crippen molar-refractivity contribution in [2.24, 2.45) is 0 Å². The summed E-state index contributed by atoms with van der Waals surface area (Å²) in [5, 5.41) is 30.3. The summed E-state index contributed by atoms with van der Waals surface area (Å²) in [5.41, 5.74) is 2.77.